The Morgan fingerprint density at radius 1 is 0.791 bits per heavy atom. The third kappa shape index (κ3) is 8.73. The number of hydrogen-bond donors (Lipinski definition) is 2. The lowest BCUT2D eigenvalue weighted by atomic mass is 10.1. The van der Waals surface area contributed by atoms with Crippen molar-refractivity contribution in [2.45, 2.75) is 11.8 Å². The molecule has 0 aliphatic carbocycles. The van der Waals surface area contributed by atoms with Crippen LogP contribution < -0.4 is 24.8 Å². The van der Waals surface area contributed by atoms with E-state index in [4.69, 9.17) is 14.2 Å². The first-order chi connectivity index (χ1) is 20.9. The third-order valence-electron chi connectivity index (χ3n) is 6.24. The van der Waals surface area contributed by atoms with Gasteiger partial charge in [0.15, 0.2) is 5.78 Å². The van der Waals surface area contributed by atoms with Crippen LogP contribution in [0.5, 0.6) is 17.2 Å². The van der Waals surface area contributed by atoms with Crippen molar-refractivity contribution in [2.24, 2.45) is 0 Å². The van der Waals surface area contributed by atoms with Gasteiger partial charge in [-0.2, -0.15) is 0 Å². The van der Waals surface area contributed by atoms with Crippen molar-refractivity contribution >= 4 is 41.1 Å². The Morgan fingerprint density at radius 2 is 1.49 bits per heavy atom. The van der Waals surface area contributed by atoms with E-state index in [1.807, 2.05) is 19.1 Å². The average molecular weight is 597 g/mol. The van der Waals surface area contributed by atoms with Crippen molar-refractivity contribution in [3.63, 3.8) is 0 Å². The van der Waals surface area contributed by atoms with Crippen molar-refractivity contribution in [1.82, 2.24) is 5.32 Å². The molecule has 2 amide bonds. The van der Waals surface area contributed by atoms with Gasteiger partial charge in [0.05, 0.1) is 26.6 Å². The van der Waals surface area contributed by atoms with Gasteiger partial charge in [0.25, 0.3) is 11.8 Å². The quantitative estimate of drug-likeness (QED) is 0.103. The number of amides is 2. The Bertz CT molecular complexity index is 1590. The molecule has 0 saturated heterocycles. The first kappa shape index (κ1) is 30.9. The highest BCUT2D eigenvalue weighted by Crippen LogP contribution is 2.27. The van der Waals surface area contributed by atoms with Gasteiger partial charge < -0.3 is 24.8 Å². The van der Waals surface area contributed by atoms with Gasteiger partial charge in [-0.15, -0.1) is 11.8 Å². The number of thioether (sulfide) groups is 1. The van der Waals surface area contributed by atoms with E-state index in [1.165, 1.54) is 18.9 Å². The zero-order valence-electron chi connectivity index (χ0n) is 24.1. The van der Waals surface area contributed by atoms with Crippen LogP contribution >= 0.6 is 11.8 Å². The summed E-state index contributed by atoms with van der Waals surface area (Å²) < 4.78 is 16.2. The Kier molecular flexibility index (Phi) is 11.0. The second-order valence-electron chi connectivity index (χ2n) is 9.13. The second-order valence-corrected chi connectivity index (χ2v) is 10.2. The minimum Gasteiger partial charge on any atom is -0.497 e. The molecular weight excluding hydrogens is 564 g/mol. The van der Waals surface area contributed by atoms with Crippen LogP contribution in [0.4, 0.5) is 5.69 Å². The van der Waals surface area contributed by atoms with Gasteiger partial charge in [-0.25, -0.2) is 0 Å². The molecule has 0 saturated carbocycles. The predicted molar refractivity (Wildman–Crippen MR) is 169 cm³/mol. The number of anilines is 1. The first-order valence-corrected chi connectivity index (χ1v) is 14.5. The summed E-state index contributed by atoms with van der Waals surface area (Å²) in [7, 11) is 3.06. The van der Waals surface area contributed by atoms with Crippen molar-refractivity contribution in [3.8, 4) is 17.2 Å². The maximum absolute atomic E-state index is 13.4. The lowest BCUT2D eigenvalue weighted by Crippen LogP contribution is -2.30. The van der Waals surface area contributed by atoms with Gasteiger partial charge in [-0.1, -0.05) is 18.2 Å². The van der Waals surface area contributed by atoms with Crippen molar-refractivity contribution < 1.29 is 28.6 Å². The minimum atomic E-state index is -0.520. The molecule has 2 N–H and O–H groups in total. The van der Waals surface area contributed by atoms with Gasteiger partial charge in [-0.05, 0) is 85.8 Å². The fraction of sp³-hybridized carbons (Fsp3) is 0.147. The average Bonchev–Trinajstić information content (AvgIpc) is 3.04. The lowest BCUT2D eigenvalue weighted by Gasteiger charge is -2.13. The van der Waals surface area contributed by atoms with Gasteiger partial charge >= 0.3 is 0 Å². The Morgan fingerprint density at radius 3 is 2.14 bits per heavy atom. The van der Waals surface area contributed by atoms with Crippen LogP contribution in [-0.4, -0.2) is 44.2 Å². The molecule has 0 fully saturated rings. The molecule has 0 aliphatic rings. The molecule has 8 nitrogen and oxygen atoms in total. The van der Waals surface area contributed by atoms with Gasteiger partial charge in [0.2, 0.25) is 0 Å². The summed E-state index contributed by atoms with van der Waals surface area (Å²) in [6.45, 7) is 2.48. The van der Waals surface area contributed by atoms with Crippen LogP contribution in [0.3, 0.4) is 0 Å². The largest absolute Gasteiger partial charge is 0.497 e. The molecule has 9 heteroatoms. The Labute approximate surface area is 255 Å². The minimum absolute atomic E-state index is 0.00308. The van der Waals surface area contributed by atoms with E-state index in [2.05, 4.69) is 10.6 Å². The van der Waals surface area contributed by atoms with Crippen molar-refractivity contribution in [2.75, 3.05) is 31.9 Å². The van der Waals surface area contributed by atoms with Crippen molar-refractivity contribution in [1.29, 1.82) is 0 Å². The zero-order chi connectivity index (χ0) is 30.6. The van der Waals surface area contributed by atoms with Gasteiger partial charge in [0, 0.05) is 33.3 Å². The van der Waals surface area contributed by atoms with Crippen LogP contribution in [-0.2, 0) is 4.79 Å². The van der Waals surface area contributed by atoms with E-state index in [0.717, 1.165) is 10.6 Å². The number of nitrogens with one attached hydrogen (secondary N) is 2. The van der Waals surface area contributed by atoms with Crippen LogP contribution in [0, 0.1) is 0 Å². The van der Waals surface area contributed by atoms with E-state index in [-0.39, 0.29) is 17.2 Å². The van der Waals surface area contributed by atoms with Crippen LogP contribution in [0.15, 0.2) is 108 Å². The molecule has 4 aromatic carbocycles. The SMILES string of the molecule is CCOc1ccc(C(=O)CSc2ccc(NC(=O)/C(=C/c3ccc(OC)cc3OC)NC(=O)c3ccccc3)cc2)cc1. The third-order valence-corrected chi connectivity index (χ3v) is 7.25. The molecule has 220 valence electrons. The molecule has 0 bridgehead atoms. The molecular formula is C34H32N2O6S. The number of benzene rings is 4. The van der Waals surface area contributed by atoms with Crippen molar-refractivity contribution in [3.05, 3.63) is 119 Å². The summed E-state index contributed by atoms with van der Waals surface area (Å²) in [6, 6.07) is 28.0. The fourth-order valence-electron chi connectivity index (χ4n) is 4.00. The summed E-state index contributed by atoms with van der Waals surface area (Å²) >= 11 is 1.40. The first-order valence-electron chi connectivity index (χ1n) is 13.5. The number of ether oxygens (including phenoxy) is 3. The maximum Gasteiger partial charge on any atom is 0.272 e. The number of Topliss-reactive ketones (excluding diaryl/α,β-unsaturated/α-hetero) is 1. The topological polar surface area (TPSA) is 103 Å². The number of hydrogen-bond acceptors (Lipinski definition) is 7. The standard InChI is InChI=1S/C34H32N2O6S/c1-4-42-27-15-10-23(11-16-27)31(37)22-43-29-18-13-26(14-19-29)35-34(39)30(36-33(38)24-8-6-5-7-9-24)20-25-12-17-28(40-2)21-32(25)41-3/h5-21H,4,22H2,1-3H3,(H,35,39)(H,36,38)/b30-20-. The molecule has 0 heterocycles. The molecule has 4 rings (SSSR count). The van der Waals surface area contributed by atoms with Gasteiger partial charge in [-0.3, -0.25) is 14.4 Å². The summed E-state index contributed by atoms with van der Waals surface area (Å²) in [5.74, 6) is 1.11. The molecule has 0 atom stereocenters. The predicted octanol–water partition coefficient (Wildman–Crippen LogP) is 6.49. The van der Waals surface area contributed by atoms with E-state index in [9.17, 15) is 14.4 Å². The summed E-state index contributed by atoms with van der Waals surface area (Å²) in [5, 5.41) is 5.56. The number of methoxy groups -OCH3 is 2. The highest BCUT2D eigenvalue weighted by atomic mass is 32.2. The summed E-state index contributed by atoms with van der Waals surface area (Å²) in [6.07, 6.45) is 1.55. The van der Waals surface area contributed by atoms with E-state index >= 15 is 0 Å². The maximum atomic E-state index is 13.4. The van der Waals surface area contributed by atoms with E-state index in [1.54, 1.807) is 98.1 Å². The molecule has 0 spiro atoms. The van der Waals surface area contributed by atoms with E-state index < -0.39 is 11.8 Å². The summed E-state index contributed by atoms with van der Waals surface area (Å²) in [5.41, 5.74) is 2.14. The second kappa shape index (κ2) is 15.3. The molecule has 0 aliphatic heterocycles. The normalized spacial score (nSPS) is 10.9. The summed E-state index contributed by atoms with van der Waals surface area (Å²) in [4.78, 5) is 39.9. The zero-order valence-corrected chi connectivity index (χ0v) is 24.9. The van der Waals surface area contributed by atoms with Gasteiger partial charge in [0.1, 0.15) is 22.9 Å². The highest BCUT2D eigenvalue weighted by molar-refractivity contribution is 8.00. The number of ketones is 1. The number of carbonyl (C=O) groups excluding carboxylic acids is 3. The van der Waals surface area contributed by atoms with E-state index in [0.29, 0.717) is 40.5 Å². The number of carbonyl (C=O) groups is 3. The lowest BCUT2D eigenvalue weighted by molar-refractivity contribution is -0.113. The van der Waals surface area contributed by atoms with Crippen LogP contribution in [0.2, 0.25) is 0 Å². The highest BCUT2D eigenvalue weighted by Gasteiger charge is 2.17. The molecule has 0 unspecified atom stereocenters. The Hall–Kier alpha value is -5.02. The monoisotopic (exact) mass is 596 g/mol. The molecule has 0 aromatic heterocycles. The Balaban J connectivity index is 1.46. The molecule has 0 radical (unpaired) electrons. The smallest absolute Gasteiger partial charge is 0.272 e. The molecule has 43 heavy (non-hydrogen) atoms. The number of rotatable bonds is 13. The fourth-order valence-corrected chi connectivity index (χ4v) is 4.80. The van der Waals surface area contributed by atoms with Crippen LogP contribution in [0.1, 0.15) is 33.2 Å². The molecule has 4 aromatic rings. The van der Waals surface area contributed by atoms with Crippen LogP contribution in [0.25, 0.3) is 6.08 Å².